The first-order chi connectivity index (χ1) is 11.0. The van der Waals surface area contributed by atoms with Crippen molar-refractivity contribution in [1.29, 1.82) is 0 Å². The van der Waals surface area contributed by atoms with Gasteiger partial charge in [-0.3, -0.25) is 9.69 Å². The predicted molar refractivity (Wildman–Crippen MR) is 80.9 cm³/mol. The number of aryl methyl sites for hydroxylation is 1. The molecular formula is C16H16N2O5. The van der Waals surface area contributed by atoms with Crippen molar-refractivity contribution in [2.24, 2.45) is 0 Å². The van der Waals surface area contributed by atoms with Crippen molar-refractivity contribution < 1.29 is 23.5 Å². The Hall–Kier alpha value is -2.83. The van der Waals surface area contributed by atoms with Crippen molar-refractivity contribution >= 4 is 28.9 Å². The fourth-order valence-corrected chi connectivity index (χ4v) is 2.53. The molecule has 0 aliphatic carbocycles. The summed E-state index contributed by atoms with van der Waals surface area (Å²) in [6.07, 6.45) is -1.07. The lowest BCUT2D eigenvalue weighted by molar-refractivity contribution is -0.136. The van der Waals surface area contributed by atoms with Crippen LogP contribution >= 0.6 is 0 Å². The maximum absolute atomic E-state index is 12.3. The maximum atomic E-state index is 12.3. The van der Waals surface area contributed by atoms with Gasteiger partial charge in [0.15, 0.2) is 6.10 Å². The molecule has 0 saturated carbocycles. The van der Waals surface area contributed by atoms with E-state index >= 15 is 0 Å². The Morgan fingerprint density at radius 3 is 2.74 bits per heavy atom. The van der Waals surface area contributed by atoms with E-state index in [9.17, 15) is 14.4 Å². The van der Waals surface area contributed by atoms with E-state index in [1.54, 1.807) is 19.1 Å². The molecule has 2 aromatic rings. The number of para-hydroxylation sites is 1. The molecule has 1 unspecified atom stereocenters. The van der Waals surface area contributed by atoms with Crippen molar-refractivity contribution in [1.82, 2.24) is 10.2 Å². The minimum absolute atomic E-state index is 0.0664. The summed E-state index contributed by atoms with van der Waals surface area (Å²) < 4.78 is 10.7. The summed E-state index contributed by atoms with van der Waals surface area (Å²) in [7, 11) is 0. The van der Waals surface area contributed by atoms with Gasteiger partial charge in [0.1, 0.15) is 5.58 Å². The van der Waals surface area contributed by atoms with Gasteiger partial charge in [0, 0.05) is 24.0 Å². The molecule has 1 aliphatic rings. The number of esters is 1. The molecule has 1 saturated heterocycles. The van der Waals surface area contributed by atoms with Crippen LogP contribution in [0.1, 0.15) is 23.0 Å². The summed E-state index contributed by atoms with van der Waals surface area (Å²) in [5.41, 5.74) is 1.24. The van der Waals surface area contributed by atoms with E-state index < -0.39 is 24.0 Å². The van der Waals surface area contributed by atoms with Crippen LogP contribution < -0.4 is 5.32 Å². The van der Waals surface area contributed by atoms with Crippen LogP contribution in [0.2, 0.25) is 0 Å². The van der Waals surface area contributed by atoms with Crippen LogP contribution in [0.5, 0.6) is 0 Å². The molecule has 23 heavy (non-hydrogen) atoms. The number of imide groups is 1. The fraction of sp³-hybridized carbons (Fsp3) is 0.312. The zero-order chi connectivity index (χ0) is 16.6. The number of urea groups is 1. The summed E-state index contributed by atoms with van der Waals surface area (Å²) >= 11 is 0. The molecule has 1 aliphatic heterocycles. The van der Waals surface area contributed by atoms with E-state index in [1.807, 2.05) is 12.1 Å². The SMILES string of the molecule is Cc1c(C(=O)OC(C)C(=O)N2CCNC2=O)oc2ccccc12. The molecule has 1 aromatic heterocycles. The summed E-state index contributed by atoms with van der Waals surface area (Å²) in [6, 6.07) is 6.77. The number of carbonyl (C=O) groups excluding carboxylic acids is 3. The van der Waals surface area contributed by atoms with E-state index in [1.165, 1.54) is 6.92 Å². The molecule has 3 amide bonds. The van der Waals surface area contributed by atoms with Crippen LogP contribution in [0.3, 0.4) is 0 Å². The lowest BCUT2D eigenvalue weighted by Crippen LogP contribution is -2.41. The number of fused-ring (bicyclic) bond motifs is 1. The fourth-order valence-electron chi connectivity index (χ4n) is 2.53. The molecule has 1 fully saturated rings. The van der Waals surface area contributed by atoms with Gasteiger partial charge in [-0.25, -0.2) is 9.59 Å². The Bertz CT molecular complexity index is 795. The lowest BCUT2D eigenvalue weighted by Gasteiger charge is -2.17. The maximum Gasteiger partial charge on any atom is 0.375 e. The molecule has 0 radical (unpaired) electrons. The predicted octanol–water partition coefficient (Wildman–Crippen LogP) is 1.84. The molecule has 1 atom stereocenters. The molecule has 1 N–H and O–H groups in total. The highest BCUT2D eigenvalue weighted by Gasteiger charge is 2.32. The first-order valence-corrected chi connectivity index (χ1v) is 7.27. The Morgan fingerprint density at radius 1 is 1.35 bits per heavy atom. The number of benzene rings is 1. The van der Waals surface area contributed by atoms with Crippen molar-refractivity contribution in [3.63, 3.8) is 0 Å². The third-order valence-corrected chi connectivity index (χ3v) is 3.78. The standard InChI is InChI=1S/C16H16N2O5/c1-9-11-5-3-4-6-12(11)23-13(9)15(20)22-10(2)14(19)18-8-7-17-16(18)21/h3-6,10H,7-8H2,1-2H3,(H,17,21). The van der Waals surface area contributed by atoms with Crippen LogP contribution in [0.4, 0.5) is 4.79 Å². The van der Waals surface area contributed by atoms with E-state index in [0.717, 1.165) is 10.3 Å². The average molecular weight is 316 g/mol. The molecule has 2 heterocycles. The van der Waals surface area contributed by atoms with E-state index in [2.05, 4.69) is 5.32 Å². The Morgan fingerprint density at radius 2 is 2.09 bits per heavy atom. The Balaban J connectivity index is 1.76. The summed E-state index contributed by atoms with van der Waals surface area (Å²) in [5, 5.41) is 3.34. The van der Waals surface area contributed by atoms with Crippen LogP contribution in [-0.4, -0.2) is 42.0 Å². The highest BCUT2D eigenvalue weighted by atomic mass is 16.6. The van der Waals surface area contributed by atoms with Crippen LogP contribution in [0.15, 0.2) is 28.7 Å². The minimum atomic E-state index is -1.07. The molecular weight excluding hydrogens is 300 g/mol. The molecule has 0 spiro atoms. The van der Waals surface area contributed by atoms with Gasteiger partial charge < -0.3 is 14.5 Å². The van der Waals surface area contributed by atoms with Gasteiger partial charge in [0.25, 0.3) is 5.91 Å². The van der Waals surface area contributed by atoms with E-state index in [-0.39, 0.29) is 12.3 Å². The highest BCUT2D eigenvalue weighted by Crippen LogP contribution is 2.25. The van der Waals surface area contributed by atoms with Gasteiger partial charge in [-0.1, -0.05) is 18.2 Å². The van der Waals surface area contributed by atoms with Gasteiger partial charge in [-0.15, -0.1) is 0 Å². The molecule has 120 valence electrons. The second kappa shape index (κ2) is 5.75. The topological polar surface area (TPSA) is 88.9 Å². The summed E-state index contributed by atoms with van der Waals surface area (Å²) in [4.78, 5) is 36.9. The number of nitrogens with zero attached hydrogens (tertiary/aromatic N) is 1. The number of furan rings is 1. The van der Waals surface area contributed by atoms with Crippen molar-refractivity contribution in [2.45, 2.75) is 20.0 Å². The number of carbonyl (C=O) groups is 3. The van der Waals surface area contributed by atoms with E-state index in [0.29, 0.717) is 17.7 Å². The number of hydrogen-bond donors (Lipinski definition) is 1. The lowest BCUT2D eigenvalue weighted by atomic mass is 10.1. The number of rotatable bonds is 3. The van der Waals surface area contributed by atoms with Gasteiger partial charge >= 0.3 is 12.0 Å². The molecule has 3 rings (SSSR count). The third-order valence-electron chi connectivity index (χ3n) is 3.78. The quantitative estimate of drug-likeness (QED) is 0.873. The minimum Gasteiger partial charge on any atom is -0.449 e. The normalized spacial score (nSPS) is 15.6. The van der Waals surface area contributed by atoms with Crippen molar-refractivity contribution in [3.05, 3.63) is 35.6 Å². The summed E-state index contributed by atoms with van der Waals surface area (Å²) in [6.45, 7) is 3.85. The zero-order valence-electron chi connectivity index (χ0n) is 12.8. The second-order valence-corrected chi connectivity index (χ2v) is 5.32. The Kier molecular flexibility index (Phi) is 3.77. The van der Waals surface area contributed by atoms with E-state index in [4.69, 9.17) is 9.15 Å². The van der Waals surface area contributed by atoms with Crippen LogP contribution in [-0.2, 0) is 9.53 Å². The smallest absolute Gasteiger partial charge is 0.375 e. The zero-order valence-corrected chi connectivity index (χ0v) is 12.8. The molecule has 7 nitrogen and oxygen atoms in total. The van der Waals surface area contributed by atoms with Gasteiger partial charge in [0.05, 0.1) is 0 Å². The van der Waals surface area contributed by atoms with Crippen LogP contribution in [0, 0.1) is 6.92 Å². The van der Waals surface area contributed by atoms with Crippen LogP contribution in [0.25, 0.3) is 11.0 Å². The highest BCUT2D eigenvalue weighted by molar-refractivity contribution is 6.00. The molecule has 7 heteroatoms. The molecule has 0 bridgehead atoms. The van der Waals surface area contributed by atoms with Gasteiger partial charge in [-0.05, 0) is 19.9 Å². The van der Waals surface area contributed by atoms with Gasteiger partial charge in [-0.2, -0.15) is 0 Å². The second-order valence-electron chi connectivity index (χ2n) is 5.32. The number of ether oxygens (including phenoxy) is 1. The Labute approximate surface area is 132 Å². The average Bonchev–Trinajstić information content (AvgIpc) is 3.11. The number of amides is 3. The number of hydrogen-bond acceptors (Lipinski definition) is 5. The first-order valence-electron chi connectivity index (χ1n) is 7.27. The third kappa shape index (κ3) is 2.65. The van der Waals surface area contributed by atoms with Crippen molar-refractivity contribution in [2.75, 3.05) is 13.1 Å². The summed E-state index contributed by atoms with van der Waals surface area (Å²) in [5.74, 6) is -1.21. The number of nitrogens with one attached hydrogen (secondary N) is 1. The largest absolute Gasteiger partial charge is 0.449 e. The first kappa shape index (κ1) is 15.1. The molecule has 1 aromatic carbocycles. The van der Waals surface area contributed by atoms with Crippen molar-refractivity contribution in [3.8, 4) is 0 Å². The van der Waals surface area contributed by atoms with Gasteiger partial charge in [0.2, 0.25) is 5.76 Å². The monoisotopic (exact) mass is 316 g/mol.